The van der Waals surface area contributed by atoms with E-state index in [9.17, 15) is 4.79 Å². The van der Waals surface area contributed by atoms with Gasteiger partial charge in [0, 0.05) is 6.54 Å². The predicted molar refractivity (Wildman–Crippen MR) is 83.2 cm³/mol. The lowest BCUT2D eigenvalue weighted by Gasteiger charge is -2.22. The SMILES string of the molecule is CN(C)C(CNC(=O)CSc1nnc(N)s1)c1ccco1. The topological polar surface area (TPSA) is 97.3 Å². The molecule has 0 saturated carbocycles. The summed E-state index contributed by atoms with van der Waals surface area (Å²) in [5, 5.41) is 10.9. The number of furan rings is 1. The van der Waals surface area contributed by atoms with Crippen LogP contribution in [0.25, 0.3) is 0 Å². The van der Waals surface area contributed by atoms with Crippen molar-refractivity contribution < 1.29 is 9.21 Å². The molecule has 0 aliphatic heterocycles. The third-order valence-electron chi connectivity index (χ3n) is 2.74. The zero-order valence-electron chi connectivity index (χ0n) is 11.8. The number of aromatic nitrogens is 2. The van der Waals surface area contributed by atoms with Crippen LogP contribution in [0, 0.1) is 0 Å². The van der Waals surface area contributed by atoms with Crippen LogP contribution < -0.4 is 11.1 Å². The van der Waals surface area contributed by atoms with Crippen LogP contribution in [0.5, 0.6) is 0 Å². The number of nitrogens with two attached hydrogens (primary N) is 1. The van der Waals surface area contributed by atoms with Crippen molar-refractivity contribution in [2.75, 3.05) is 32.1 Å². The minimum absolute atomic E-state index is 0.00567. The summed E-state index contributed by atoms with van der Waals surface area (Å²) in [5.41, 5.74) is 5.49. The first-order valence-electron chi connectivity index (χ1n) is 6.24. The second kappa shape index (κ2) is 7.43. The van der Waals surface area contributed by atoms with Gasteiger partial charge in [0.05, 0.1) is 18.1 Å². The molecule has 0 saturated heterocycles. The molecule has 0 spiro atoms. The Morgan fingerprint density at radius 1 is 1.57 bits per heavy atom. The van der Waals surface area contributed by atoms with Crippen molar-refractivity contribution in [3.63, 3.8) is 0 Å². The molecule has 9 heteroatoms. The Bertz CT molecular complexity index is 570. The first-order valence-corrected chi connectivity index (χ1v) is 8.04. The number of likely N-dealkylation sites (N-methyl/N-ethyl adjacent to an activating group) is 1. The number of nitrogens with one attached hydrogen (secondary N) is 1. The van der Waals surface area contributed by atoms with Crippen molar-refractivity contribution in [2.24, 2.45) is 0 Å². The van der Waals surface area contributed by atoms with Gasteiger partial charge in [-0.3, -0.25) is 9.69 Å². The summed E-state index contributed by atoms with van der Waals surface area (Å²) in [7, 11) is 3.89. The standard InChI is InChI=1S/C12H17N5O2S2/c1-17(2)8(9-4-3-5-19-9)6-14-10(18)7-20-12-16-15-11(13)21-12/h3-5,8H,6-7H2,1-2H3,(H2,13,15)(H,14,18). The van der Waals surface area contributed by atoms with Gasteiger partial charge in [-0.25, -0.2) is 0 Å². The summed E-state index contributed by atoms with van der Waals surface area (Å²) in [6.45, 7) is 0.484. The summed E-state index contributed by atoms with van der Waals surface area (Å²) >= 11 is 2.60. The number of hydrogen-bond acceptors (Lipinski definition) is 8. The monoisotopic (exact) mass is 327 g/mol. The molecule has 0 radical (unpaired) electrons. The minimum atomic E-state index is -0.0628. The Labute approximate surface area is 130 Å². The van der Waals surface area contributed by atoms with Crippen LogP contribution in [0.15, 0.2) is 27.2 Å². The van der Waals surface area contributed by atoms with E-state index in [1.54, 1.807) is 6.26 Å². The van der Waals surface area contributed by atoms with Gasteiger partial charge in [0.1, 0.15) is 5.76 Å². The highest BCUT2D eigenvalue weighted by molar-refractivity contribution is 8.01. The van der Waals surface area contributed by atoms with Crippen molar-refractivity contribution in [1.29, 1.82) is 0 Å². The number of carbonyl (C=O) groups excluding carboxylic acids is 1. The molecule has 21 heavy (non-hydrogen) atoms. The van der Waals surface area contributed by atoms with Gasteiger partial charge in [-0.2, -0.15) is 0 Å². The average molecular weight is 327 g/mol. The number of thioether (sulfide) groups is 1. The van der Waals surface area contributed by atoms with Crippen LogP contribution in [0.3, 0.4) is 0 Å². The highest BCUT2D eigenvalue weighted by Crippen LogP contribution is 2.23. The van der Waals surface area contributed by atoms with Gasteiger partial charge in [0.25, 0.3) is 0 Å². The first kappa shape index (κ1) is 15.8. The number of carbonyl (C=O) groups is 1. The summed E-state index contributed by atoms with van der Waals surface area (Å²) in [6.07, 6.45) is 1.63. The molecule has 0 bridgehead atoms. The fraction of sp³-hybridized carbons (Fsp3) is 0.417. The Kier molecular flexibility index (Phi) is 5.59. The fourth-order valence-electron chi connectivity index (χ4n) is 1.69. The van der Waals surface area contributed by atoms with Gasteiger partial charge in [-0.15, -0.1) is 10.2 Å². The van der Waals surface area contributed by atoms with Gasteiger partial charge in [-0.1, -0.05) is 23.1 Å². The van der Waals surface area contributed by atoms with Crippen LogP contribution in [0.4, 0.5) is 5.13 Å². The maximum Gasteiger partial charge on any atom is 0.230 e. The maximum atomic E-state index is 11.9. The zero-order chi connectivity index (χ0) is 15.2. The molecule has 2 aromatic rings. The zero-order valence-corrected chi connectivity index (χ0v) is 13.4. The molecule has 2 heterocycles. The smallest absolute Gasteiger partial charge is 0.230 e. The number of hydrogen-bond donors (Lipinski definition) is 2. The number of nitrogens with zero attached hydrogens (tertiary/aromatic N) is 3. The molecule has 2 rings (SSSR count). The number of nitrogen functional groups attached to an aromatic ring is 1. The summed E-state index contributed by atoms with van der Waals surface area (Å²) in [4.78, 5) is 13.9. The first-order chi connectivity index (χ1) is 10.1. The summed E-state index contributed by atoms with van der Waals surface area (Å²) in [6, 6.07) is 3.74. The van der Waals surface area contributed by atoms with Crippen molar-refractivity contribution in [1.82, 2.24) is 20.4 Å². The Morgan fingerprint density at radius 3 is 2.95 bits per heavy atom. The Morgan fingerprint density at radius 2 is 2.38 bits per heavy atom. The average Bonchev–Trinajstić information content (AvgIpc) is 3.08. The predicted octanol–water partition coefficient (Wildman–Crippen LogP) is 1.22. The highest BCUT2D eigenvalue weighted by Gasteiger charge is 2.18. The van der Waals surface area contributed by atoms with E-state index in [0.29, 0.717) is 16.0 Å². The Balaban J connectivity index is 1.79. The largest absolute Gasteiger partial charge is 0.468 e. The third-order valence-corrected chi connectivity index (χ3v) is 4.62. The molecular weight excluding hydrogens is 310 g/mol. The maximum absolute atomic E-state index is 11.9. The van der Waals surface area contributed by atoms with Gasteiger partial charge in [-0.05, 0) is 26.2 Å². The quantitative estimate of drug-likeness (QED) is 0.738. The highest BCUT2D eigenvalue weighted by atomic mass is 32.2. The normalized spacial score (nSPS) is 12.5. The Hall–Kier alpha value is -1.58. The molecular formula is C12H17N5O2S2. The molecule has 1 atom stereocenters. The molecule has 1 amide bonds. The van der Waals surface area contributed by atoms with Crippen LogP contribution in [-0.4, -0.2) is 47.4 Å². The second-order valence-electron chi connectivity index (χ2n) is 4.49. The fourth-order valence-corrected chi connectivity index (χ4v) is 3.15. The molecule has 3 N–H and O–H groups in total. The van der Waals surface area contributed by atoms with Gasteiger partial charge in [0.15, 0.2) is 4.34 Å². The summed E-state index contributed by atoms with van der Waals surface area (Å²) in [5.74, 6) is 1.05. The van der Waals surface area contributed by atoms with E-state index in [4.69, 9.17) is 10.2 Å². The van der Waals surface area contributed by atoms with E-state index >= 15 is 0 Å². The van der Waals surface area contributed by atoms with E-state index in [1.807, 2.05) is 31.1 Å². The minimum Gasteiger partial charge on any atom is -0.468 e. The number of amides is 1. The molecule has 2 aromatic heterocycles. The molecule has 7 nitrogen and oxygen atoms in total. The van der Waals surface area contributed by atoms with Crippen molar-refractivity contribution in [3.05, 3.63) is 24.2 Å². The van der Waals surface area contributed by atoms with Crippen LogP contribution in [0.2, 0.25) is 0 Å². The van der Waals surface area contributed by atoms with E-state index in [2.05, 4.69) is 15.5 Å². The molecule has 1 unspecified atom stereocenters. The molecule has 114 valence electrons. The van der Waals surface area contributed by atoms with Crippen molar-refractivity contribution >= 4 is 34.1 Å². The third kappa shape index (κ3) is 4.73. The molecule has 0 fully saturated rings. The number of anilines is 1. The van der Waals surface area contributed by atoms with Crippen LogP contribution >= 0.6 is 23.1 Å². The lowest BCUT2D eigenvalue weighted by atomic mass is 10.2. The molecule has 0 aliphatic carbocycles. The van der Waals surface area contributed by atoms with E-state index in [0.717, 1.165) is 5.76 Å². The lowest BCUT2D eigenvalue weighted by Crippen LogP contribution is -2.35. The number of rotatable bonds is 7. The van der Waals surface area contributed by atoms with Gasteiger partial charge in [0.2, 0.25) is 11.0 Å². The molecule has 0 aliphatic rings. The summed E-state index contributed by atoms with van der Waals surface area (Å²) < 4.78 is 6.09. The van der Waals surface area contributed by atoms with Gasteiger partial charge >= 0.3 is 0 Å². The van der Waals surface area contributed by atoms with Crippen molar-refractivity contribution in [2.45, 2.75) is 10.4 Å². The lowest BCUT2D eigenvalue weighted by molar-refractivity contribution is -0.118. The second-order valence-corrected chi connectivity index (χ2v) is 6.73. The van der Waals surface area contributed by atoms with E-state index in [1.165, 1.54) is 23.1 Å². The van der Waals surface area contributed by atoms with Crippen LogP contribution in [0.1, 0.15) is 11.8 Å². The van der Waals surface area contributed by atoms with Crippen LogP contribution in [-0.2, 0) is 4.79 Å². The van der Waals surface area contributed by atoms with E-state index in [-0.39, 0.29) is 17.7 Å². The van der Waals surface area contributed by atoms with E-state index < -0.39 is 0 Å². The van der Waals surface area contributed by atoms with Gasteiger partial charge < -0.3 is 15.5 Å². The molecule has 0 aromatic carbocycles. The van der Waals surface area contributed by atoms with Crippen molar-refractivity contribution in [3.8, 4) is 0 Å².